The first kappa shape index (κ1) is 15.7. The minimum atomic E-state index is -4.50. The topological polar surface area (TPSA) is 54.9 Å². The molecule has 1 heterocycles. The third-order valence-electron chi connectivity index (χ3n) is 1.96. The van der Waals surface area contributed by atoms with Crippen molar-refractivity contribution in [3.05, 3.63) is 18.0 Å². The van der Waals surface area contributed by atoms with Crippen LogP contribution in [0.1, 0.15) is 19.5 Å². The van der Waals surface area contributed by atoms with E-state index in [1.165, 1.54) is 0 Å². The molecule has 0 aliphatic carbocycles. The van der Waals surface area contributed by atoms with Crippen LogP contribution < -0.4 is 5.32 Å². The fraction of sp³-hybridized carbons (Fsp3) is 0.545. The molecule has 0 radical (unpaired) electrons. The number of alkyl halides is 3. The molecule has 1 rings (SSSR count). The Labute approximate surface area is 113 Å². The van der Waals surface area contributed by atoms with Gasteiger partial charge in [0.15, 0.2) is 5.16 Å². The second-order valence-electron chi connectivity index (χ2n) is 4.21. The van der Waals surface area contributed by atoms with Gasteiger partial charge in [0, 0.05) is 12.7 Å². The molecular weight excluding hydrogens is 279 g/mol. The number of carbonyl (C=O) groups excluding carboxylic acids is 1. The van der Waals surface area contributed by atoms with Crippen LogP contribution >= 0.6 is 11.8 Å². The third kappa shape index (κ3) is 5.91. The normalized spacial score (nSPS) is 11.7. The molecule has 0 spiro atoms. The number of aromatic nitrogens is 2. The fourth-order valence-electron chi connectivity index (χ4n) is 1.07. The van der Waals surface area contributed by atoms with Gasteiger partial charge in [0.2, 0.25) is 5.91 Å². The maximum atomic E-state index is 12.4. The van der Waals surface area contributed by atoms with Crippen molar-refractivity contribution in [3.63, 3.8) is 0 Å². The van der Waals surface area contributed by atoms with Gasteiger partial charge in [-0.05, 0) is 12.0 Å². The van der Waals surface area contributed by atoms with Crippen molar-refractivity contribution in [3.8, 4) is 0 Å². The summed E-state index contributed by atoms with van der Waals surface area (Å²) < 4.78 is 37.2. The number of halogens is 3. The molecule has 0 saturated carbocycles. The van der Waals surface area contributed by atoms with Crippen molar-refractivity contribution in [2.75, 3.05) is 12.3 Å². The summed E-state index contributed by atoms with van der Waals surface area (Å²) in [7, 11) is 0. The van der Waals surface area contributed by atoms with Crippen molar-refractivity contribution < 1.29 is 18.0 Å². The summed E-state index contributed by atoms with van der Waals surface area (Å²) in [6, 6.07) is 0.795. The lowest BCUT2D eigenvalue weighted by molar-refractivity contribution is -0.141. The van der Waals surface area contributed by atoms with Crippen molar-refractivity contribution >= 4 is 17.7 Å². The lowest BCUT2D eigenvalue weighted by atomic mass is 10.2. The van der Waals surface area contributed by atoms with E-state index in [1.54, 1.807) is 0 Å². The Balaban J connectivity index is 2.52. The summed E-state index contributed by atoms with van der Waals surface area (Å²) in [5, 5.41) is 2.60. The monoisotopic (exact) mass is 293 g/mol. The molecule has 0 bridgehead atoms. The number of hydrogen-bond acceptors (Lipinski definition) is 4. The number of nitrogens with one attached hydrogen (secondary N) is 1. The molecule has 0 unspecified atom stereocenters. The maximum absolute atomic E-state index is 12.4. The molecular formula is C11H14F3N3OS. The Bertz CT molecular complexity index is 437. The highest BCUT2D eigenvalue weighted by Crippen LogP contribution is 2.28. The van der Waals surface area contributed by atoms with Gasteiger partial charge in [0.05, 0.1) is 5.75 Å². The summed E-state index contributed by atoms with van der Waals surface area (Å²) in [6.45, 7) is 4.43. The van der Waals surface area contributed by atoms with Gasteiger partial charge < -0.3 is 5.32 Å². The van der Waals surface area contributed by atoms with E-state index in [4.69, 9.17) is 0 Å². The zero-order valence-electron chi connectivity index (χ0n) is 10.5. The van der Waals surface area contributed by atoms with E-state index in [1.807, 2.05) is 13.8 Å². The van der Waals surface area contributed by atoms with Crippen molar-refractivity contribution in [2.45, 2.75) is 25.2 Å². The van der Waals surface area contributed by atoms with E-state index in [-0.39, 0.29) is 16.8 Å². The molecule has 0 atom stereocenters. The van der Waals surface area contributed by atoms with Gasteiger partial charge >= 0.3 is 6.18 Å². The van der Waals surface area contributed by atoms with Crippen molar-refractivity contribution in [1.82, 2.24) is 15.3 Å². The van der Waals surface area contributed by atoms with Gasteiger partial charge in [0.1, 0.15) is 5.69 Å². The predicted octanol–water partition coefficient (Wildman–Crippen LogP) is 2.36. The van der Waals surface area contributed by atoms with Gasteiger partial charge in [-0.25, -0.2) is 9.97 Å². The first-order chi connectivity index (χ1) is 8.79. The van der Waals surface area contributed by atoms with Crippen LogP contribution in [0, 0.1) is 5.92 Å². The van der Waals surface area contributed by atoms with E-state index in [0.717, 1.165) is 24.0 Å². The van der Waals surface area contributed by atoms with Crippen LogP contribution in [0.15, 0.2) is 17.4 Å². The van der Waals surface area contributed by atoms with Crippen LogP contribution in [-0.2, 0) is 11.0 Å². The van der Waals surface area contributed by atoms with Crippen LogP contribution in [0.4, 0.5) is 13.2 Å². The van der Waals surface area contributed by atoms with Crippen molar-refractivity contribution in [1.29, 1.82) is 0 Å². The second kappa shape index (κ2) is 6.74. The summed E-state index contributed by atoms with van der Waals surface area (Å²) in [5.74, 6) is 0.0621. The lowest BCUT2D eigenvalue weighted by Gasteiger charge is -2.08. The van der Waals surface area contributed by atoms with E-state index in [2.05, 4.69) is 15.3 Å². The molecule has 1 aromatic heterocycles. The Morgan fingerprint density at radius 1 is 1.47 bits per heavy atom. The zero-order chi connectivity index (χ0) is 14.5. The smallest absolute Gasteiger partial charge is 0.355 e. The van der Waals surface area contributed by atoms with Gasteiger partial charge in [-0.15, -0.1) is 0 Å². The first-order valence-electron chi connectivity index (χ1n) is 5.58. The molecule has 8 heteroatoms. The predicted molar refractivity (Wildman–Crippen MR) is 65.6 cm³/mol. The highest BCUT2D eigenvalue weighted by Gasteiger charge is 2.32. The van der Waals surface area contributed by atoms with Crippen molar-refractivity contribution in [2.24, 2.45) is 5.92 Å². The molecule has 0 aliphatic heterocycles. The van der Waals surface area contributed by atoms with Crippen LogP contribution in [-0.4, -0.2) is 28.2 Å². The Morgan fingerprint density at radius 2 is 2.16 bits per heavy atom. The molecule has 19 heavy (non-hydrogen) atoms. The molecule has 0 aromatic carbocycles. The Hall–Kier alpha value is -1.31. The van der Waals surface area contributed by atoms with Gasteiger partial charge in [-0.2, -0.15) is 13.2 Å². The molecule has 1 amide bonds. The minimum Gasteiger partial charge on any atom is -0.355 e. The summed E-state index contributed by atoms with van der Waals surface area (Å²) in [6.07, 6.45) is -3.47. The number of hydrogen-bond donors (Lipinski definition) is 1. The van der Waals surface area contributed by atoms with Gasteiger partial charge in [-0.1, -0.05) is 25.6 Å². The second-order valence-corrected chi connectivity index (χ2v) is 5.15. The molecule has 1 N–H and O–H groups in total. The molecule has 1 aromatic rings. The minimum absolute atomic E-state index is 0.00592. The first-order valence-corrected chi connectivity index (χ1v) is 6.57. The van der Waals surface area contributed by atoms with Gasteiger partial charge in [0.25, 0.3) is 0 Å². The van der Waals surface area contributed by atoms with E-state index in [0.29, 0.717) is 12.5 Å². The molecule has 0 aliphatic rings. The SMILES string of the molecule is CC(C)CNC(=O)CSc1nccc(C(F)(F)F)n1. The number of thioether (sulfide) groups is 1. The number of nitrogens with zero attached hydrogens (tertiary/aromatic N) is 2. The number of rotatable bonds is 5. The number of carbonyl (C=O) groups is 1. The molecule has 106 valence electrons. The largest absolute Gasteiger partial charge is 0.433 e. The highest BCUT2D eigenvalue weighted by molar-refractivity contribution is 7.99. The Kier molecular flexibility index (Phi) is 5.59. The van der Waals surface area contributed by atoms with Crippen LogP contribution in [0.2, 0.25) is 0 Å². The lowest BCUT2D eigenvalue weighted by Crippen LogP contribution is -2.28. The van der Waals surface area contributed by atoms with E-state index >= 15 is 0 Å². The third-order valence-corrected chi connectivity index (χ3v) is 2.83. The fourth-order valence-corrected chi connectivity index (χ4v) is 1.73. The summed E-state index contributed by atoms with van der Waals surface area (Å²) in [4.78, 5) is 18.4. The van der Waals surface area contributed by atoms with Crippen LogP contribution in [0.25, 0.3) is 0 Å². The maximum Gasteiger partial charge on any atom is 0.433 e. The highest BCUT2D eigenvalue weighted by atomic mass is 32.2. The molecule has 4 nitrogen and oxygen atoms in total. The summed E-state index contributed by atoms with van der Waals surface area (Å²) >= 11 is 0.876. The summed E-state index contributed by atoms with van der Waals surface area (Å²) in [5.41, 5.74) is -1.01. The van der Waals surface area contributed by atoms with Crippen LogP contribution in [0.3, 0.4) is 0 Å². The molecule has 0 saturated heterocycles. The Morgan fingerprint density at radius 3 is 2.74 bits per heavy atom. The van der Waals surface area contributed by atoms with Crippen LogP contribution in [0.5, 0.6) is 0 Å². The average Bonchev–Trinajstić information content (AvgIpc) is 2.33. The zero-order valence-corrected chi connectivity index (χ0v) is 11.3. The quantitative estimate of drug-likeness (QED) is 0.669. The number of amides is 1. The molecule has 0 fully saturated rings. The standard InChI is InChI=1S/C11H14F3N3OS/c1-7(2)5-16-9(18)6-19-10-15-4-3-8(17-10)11(12,13)14/h3-4,7H,5-6H2,1-2H3,(H,16,18). The average molecular weight is 293 g/mol. The van der Waals surface area contributed by atoms with E-state index in [9.17, 15) is 18.0 Å². The van der Waals surface area contributed by atoms with Gasteiger partial charge in [-0.3, -0.25) is 4.79 Å². The van der Waals surface area contributed by atoms with E-state index < -0.39 is 11.9 Å².